The van der Waals surface area contributed by atoms with Crippen LogP contribution < -0.4 is 0 Å². The molecule has 0 saturated carbocycles. The Balaban J connectivity index is 3.86. The molecule has 0 aliphatic rings. The van der Waals surface area contributed by atoms with E-state index in [2.05, 4.69) is 15.9 Å². The molecule has 0 aromatic heterocycles. The fourth-order valence-corrected chi connectivity index (χ4v) is 1.55. The maximum atomic E-state index is 11.3. The molecule has 4 nitrogen and oxygen atoms in total. The average molecular weight is 293 g/mol. The second-order valence-electron chi connectivity index (χ2n) is 3.45. The van der Waals surface area contributed by atoms with E-state index in [1.165, 1.54) is 0 Å². The molecule has 0 unspecified atom stereocenters. The highest BCUT2D eigenvalue weighted by Crippen LogP contribution is 2.18. The highest BCUT2D eigenvalue weighted by Gasteiger charge is 2.20. The molecular weight excluding hydrogens is 275 g/mol. The third kappa shape index (κ3) is 6.15. The van der Waals surface area contributed by atoms with Gasteiger partial charge in [0.25, 0.3) is 0 Å². The minimum atomic E-state index is -0.343. The number of carbonyl (C=O) groups excluding carboxylic acids is 2. The van der Waals surface area contributed by atoms with Crippen LogP contribution in [0.25, 0.3) is 0 Å². The third-order valence-corrected chi connectivity index (χ3v) is 2.92. The monoisotopic (exact) mass is 292 g/mol. The molecule has 0 aromatic carbocycles. The molecule has 0 spiro atoms. The first-order chi connectivity index (χ1) is 7.52. The molecule has 92 valence electrons. The normalized spacial score (nSPS) is 13.9. The molecule has 0 N–H and O–H groups in total. The van der Waals surface area contributed by atoms with Crippen molar-refractivity contribution >= 4 is 35.7 Å². The predicted molar refractivity (Wildman–Crippen MR) is 67.5 cm³/mol. The Morgan fingerprint density at radius 2 is 1.62 bits per heavy atom. The Bertz CT molecular complexity index is 211. The van der Waals surface area contributed by atoms with Gasteiger partial charge in [-0.05, 0) is 26.7 Å². The van der Waals surface area contributed by atoms with E-state index in [0.717, 1.165) is 0 Å². The van der Waals surface area contributed by atoms with Crippen LogP contribution in [0.2, 0.25) is 5.82 Å². The molecule has 0 fully saturated rings. The van der Waals surface area contributed by atoms with Crippen molar-refractivity contribution in [1.82, 2.24) is 0 Å². The smallest absolute Gasteiger partial charge is 0.319 e. The first-order valence-electron chi connectivity index (χ1n) is 5.50. The summed E-state index contributed by atoms with van der Waals surface area (Å²) < 4.78 is 9.72. The number of alkyl halides is 1. The fourth-order valence-electron chi connectivity index (χ4n) is 1.15. The van der Waals surface area contributed by atoms with Crippen LogP contribution in [0.3, 0.4) is 0 Å². The van der Waals surface area contributed by atoms with E-state index in [1.54, 1.807) is 21.7 Å². The highest BCUT2D eigenvalue weighted by molar-refractivity contribution is 9.10. The lowest BCUT2D eigenvalue weighted by atomic mass is 9.83. The zero-order valence-corrected chi connectivity index (χ0v) is 11.6. The predicted octanol–water partition coefficient (Wildman–Crippen LogP) is 1.08. The van der Waals surface area contributed by atoms with Crippen LogP contribution in [-0.4, -0.2) is 37.8 Å². The molecule has 0 aliphatic heterocycles. The number of esters is 2. The quantitative estimate of drug-likeness (QED) is 0.400. The van der Waals surface area contributed by atoms with Crippen molar-refractivity contribution < 1.29 is 19.1 Å². The largest absolute Gasteiger partial charge is 0.466 e. The van der Waals surface area contributed by atoms with Gasteiger partial charge in [0.05, 0.1) is 13.2 Å². The summed E-state index contributed by atoms with van der Waals surface area (Å²) in [5.74, 6) is -0.681. The average Bonchev–Trinajstić information content (AvgIpc) is 2.25. The first kappa shape index (κ1) is 15.5. The van der Waals surface area contributed by atoms with Gasteiger partial charge in [-0.2, -0.15) is 0 Å². The fraction of sp³-hybridized carbons (Fsp3) is 0.800. The number of hydrogen-bond acceptors (Lipinski definition) is 4. The Labute approximate surface area is 106 Å². The zero-order valence-electron chi connectivity index (χ0n) is 9.99. The summed E-state index contributed by atoms with van der Waals surface area (Å²) in [5, 5.41) is 0. The molecule has 0 bridgehead atoms. The van der Waals surface area contributed by atoms with Crippen molar-refractivity contribution in [1.29, 1.82) is 0 Å². The Hall–Kier alpha value is -0.515. The lowest BCUT2D eigenvalue weighted by Crippen LogP contribution is -2.20. The van der Waals surface area contributed by atoms with Gasteiger partial charge in [-0.1, -0.05) is 15.9 Å². The van der Waals surface area contributed by atoms with Gasteiger partial charge in [0.15, 0.2) is 0 Å². The van der Waals surface area contributed by atoms with Crippen LogP contribution in [0.5, 0.6) is 0 Å². The van der Waals surface area contributed by atoms with Crippen LogP contribution >= 0.6 is 15.9 Å². The summed E-state index contributed by atoms with van der Waals surface area (Å²) >= 11 is 3.23. The number of rotatable bonds is 7. The van der Waals surface area contributed by atoms with Gasteiger partial charge in [0.1, 0.15) is 12.7 Å². The van der Waals surface area contributed by atoms with E-state index in [4.69, 9.17) is 9.47 Å². The van der Waals surface area contributed by atoms with E-state index < -0.39 is 0 Å². The van der Waals surface area contributed by atoms with Gasteiger partial charge in [0, 0.05) is 5.82 Å². The maximum Gasteiger partial charge on any atom is 0.319 e. The topological polar surface area (TPSA) is 52.6 Å². The van der Waals surface area contributed by atoms with E-state index in [0.29, 0.717) is 26.1 Å². The molecule has 6 heteroatoms. The molecule has 2 atom stereocenters. The number of halogens is 1. The number of hydrogen-bond donors (Lipinski definition) is 0. The lowest BCUT2D eigenvalue weighted by Gasteiger charge is -2.12. The van der Waals surface area contributed by atoms with Crippen LogP contribution in [0.4, 0.5) is 0 Å². The van der Waals surface area contributed by atoms with Crippen molar-refractivity contribution in [3.05, 3.63) is 0 Å². The molecule has 16 heavy (non-hydrogen) atoms. The molecule has 0 amide bonds. The van der Waals surface area contributed by atoms with Crippen molar-refractivity contribution in [3.8, 4) is 0 Å². The van der Waals surface area contributed by atoms with Crippen molar-refractivity contribution in [2.45, 2.75) is 37.3 Å². The first-order valence-corrected chi connectivity index (χ1v) is 6.41. The second-order valence-corrected chi connectivity index (χ2v) is 4.56. The second kappa shape index (κ2) is 8.62. The number of carbonyl (C=O) groups is 2. The highest BCUT2D eigenvalue weighted by atomic mass is 79.9. The SMILES string of the molecule is B[C@@H](CC[C@@H](Br)C(=O)OCC)C(=O)OCC. The standard InChI is InChI=1S/C10H18BBrO4/c1-3-15-9(13)7(11)5-6-8(12)10(14)16-4-2/h7-8H,3-6,11H2,1-2H3/t7-,8+/m0/s1. The van der Waals surface area contributed by atoms with Gasteiger partial charge in [-0.25, -0.2) is 0 Å². The van der Waals surface area contributed by atoms with Gasteiger partial charge in [-0.3, -0.25) is 9.59 Å². The molecule has 0 aliphatic carbocycles. The van der Waals surface area contributed by atoms with Crippen LogP contribution in [0.1, 0.15) is 26.7 Å². The summed E-state index contributed by atoms with van der Waals surface area (Å²) in [6.45, 7) is 4.29. The van der Waals surface area contributed by atoms with Crippen molar-refractivity contribution in [2.75, 3.05) is 13.2 Å². The lowest BCUT2D eigenvalue weighted by molar-refractivity contribution is -0.144. The molecular formula is C10H18BBrO4. The summed E-state index contributed by atoms with van der Waals surface area (Å²) in [4.78, 5) is 22.2. The van der Waals surface area contributed by atoms with E-state index >= 15 is 0 Å². The zero-order chi connectivity index (χ0) is 12.6. The Morgan fingerprint density at radius 1 is 1.12 bits per heavy atom. The van der Waals surface area contributed by atoms with E-state index in [9.17, 15) is 9.59 Å². The molecule has 0 saturated heterocycles. The van der Waals surface area contributed by atoms with E-state index in [1.807, 2.05) is 0 Å². The Morgan fingerprint density at radius 3 is 2.12 bits per heavy atom. The molecule has 0 aromatic rings. The molecule has 0 rings (SSSR count). The summed E-state index contributed by atoms with van der Waals surface area (Å²) in [5.41, 5.74) is 0. The summed E-state index contributed by atoms with van der Waals surface area (Å²) in [6, 6.07) is 0. The maximum absolute atomic E-state index is 11.3. The van der Waals surface area contributed by atoms with Gasteiger partial charge in [0.2, 0.25) is 0 Å². The van der Waals surface area contributed by atoms with E-state index in [-0.39, 0.29) is 22.6 Å². The van der Waals surface area contributed by atoms with Crippen molar-refractivity contribution in [3.63, 3.8) is 0 Å². The molecule has 0 radical (unpaired) electrons. The van der Waals surface area contributed by atoms with Gasteiger partial charge in [-0.15, -0.1) is 0 Å². The van der Waals surface area contributed by atoms with Crippen LogP contribution in [0, 0.1) is 0 Å². The van der Waals surface area contributed by atoms with Crippen molar-refractivity contribution in [2.24, 2.45) is 0 Å². The van der Waals surface area contributed by atoms with Gasteiger partial charge >= 0.3 is 11.9 Å². The third-order valence-electron chi connectivity index (χ3n) is 2.08. The summed E-state index contributed by atoms with van der Waals surface area (Å²) in [7, 11) is 1.79. The summed E-state index contributed by atoms with van der Waals surface area (Å²) in [6.07, 6.45) is 1.17. The van der Waals surface area contributed by atoms with Gasteiger partial charge < -0.3 is 9.47 Å². The Kier molecular flexibility index (Phi) is 8.34. The van der Waals surface area contributed by atoms with Crippen LogP contribution in [-0.2, 0) is 19.1 Å². The number of ether oxygens (including phenoxy) is 2. The minimum absolute atomic E-state index is 0.186. The molecule has 0 heterocycles. The van der Waals surface area contributed by atoms with Crippen LogP contribution in [0.15, 0.2) is 0 Å². The minimum Gasteiger partial charge on any atom is -0.466 e.